The number of ether oxygens (including phenoxy) is 1. The van der Waals surface area contributed by atoms with Crippen LogP contribution in [0.25, 0.3) is 0 Å². The van der Waals surface area contributed by atoms with Crippen molar-refractivity contribution in [1.29, 1.82) is 0 Å². The van der Waals surface area contributed by atoms with Crippen LogP contribution < -0.4 is 4.74 Å². The number of hydrogen-bond acceptors (Lipinski definition) is 2. The Bertz CT molecular complexity index is 277. The third-order valence-electron chi connectivity index (χ3n) is 2.57. The number of methoxy groups -OCH3 is 1. The molecule has 1 aromatic rings. The Balaban J connectivity index is 2.68. The largest absolute Gasteiger partial charge is 0.493 e. The molecule has 1 heterocycles. The van der Waals surface area contributed by atoms with Gasteiger partial charge in [-0.3, -0.25) is 4.68 Å². The zero-order chi connectivity index (χ0) is 11.3. The van der Waals surface area contributed by atoms with Gasteiger partial charge in [0.25, 0.3) is 0 Å². The molecule has 0 aliphatic heterocycles. The highest BCUT2D eigenvalue weighted by Crippen LogP contribution is 2.21. The summed E-state index contributed by atoms with van der Waals surface area (Å²) in [4.78, 5) is 0.586. The zero-order valence-corrected chi connectivity index (χ0v) is 11.2. The first-order valence-corrected chi connectivity index (χ1v) is 6.37. The Morgan fingerprint density at radius 3 is 2.80 bits per heavy atom. The fourth-order valence-corrected chi connectivity index (χ4v) is 1.82. The van der Waals surface area contributed by atoms with Crippen LogP contribution in [-0.4, -0.2) is 21.7 Å². The van der Waals surface area contributed by atoms with Crippen molar-refractivity contribution in [3.05, 3.63) is 11.9 Å². The second-order valence-corrected chi connectivity index (χ2v) is 4.81. The third kappa shape index (κ3) is 3.23. The van der Waals surface area contributed by atoms with Crippen molar-refractivity contribution in [3.63, 3.8) is 0 Å². The lowest BCUT2D eigenvalue weighted by atomic mass is 10.1. The molecule has 0 saturated carbocycles. The summed E-state index contributed by atoms with van der Waals surface area (Å²) in [5.41, 5.74) is 1.21. The standard InChI is InChI=1S/C11H19BrN2O/c1-4-9(12)6-7-10-11(15-3)8-13-14(10)5-2/h8-9H,4-7H2,1-3H3. The van der Waals surface area contributed by atoms with Crippen LogP contribution in [0.3, 0.4) is 0 Å². The lowest BCUT2D eigenvalue weighted by Gasteiger charge is -2.09. The van der Waals surface area contributed by atoms with Crippen molar-refractivity contribution < 1.29 is 4.74 Å². The molecule has 0 fully saturated rings. The highest BCUT2D eigenvalue weighted by Gasteiger charge is 2.11. The maximum Gasteiger partial charge on any atom is 0.159 e. The van der Waals surface area contributed by atoms with Crippen LogP contribution in [0.2, 0.25) is 0 Å². The molecule has 86 valence electrons. The van der Waals surface area contributed by atoms with Crippen molar-refractivity contribution in [2.24, 2.45) is 0 Å². The predicted molar refractivity (Wildman–Crippen MR) is 65.8 cm³/mol. The first kappa shape index (κ1) is 12.6. The van der Waals surface area contributed by atoms with Crippen LogP contribution in [0, 0.1) is 0 Å². The van der Waals surface area contributed by atoms with Crippen molar-refractivity contribution in [1.82, 2.24) is 9.78 Å². The van der Waals surface area contributed by atoms with E-state index in [1.165, 1.54) is 5.69 Å². The number of aryl methyl sites for hydroxylation is 1. The summed E-state index contributed by atoms with van der Waals surface area (Å²) in [6.45, 7) is 5.19. The maximum absolute atomic E-state index is 5.30. The summed E-state index contributed by atoms with van der Waals surface area (Å²) in [7, 11) is 1.70. The minimum Gasteiger partial charge on any atom is -0.493 e. The highest BCUT2D eigenvalue weighted by molar-refractivity contribution is 9.09. The summed E-state index contributed by atoms with van der Waals surface area (Å²) in [5.74, 6) is 0.910. The summed E-state index contributed by atoms with van der Waals surface area (Å²) in [6, 6.07) is 0. The van der Waals surface area contributed by atoms with Gasteiger partial charge in [-0.05, 0) is 26.2 Å². The van der Waals surface area contributed by atoms with Gasteiger partial charge in [0.1, 0.15) is 0 Å². The van der Waals surface area contributed by atoms with Crippen LogP contribution in [0.5, 0.6) is 5.75 Å². The average molecular weight is 275 g/mol. The topological polar surface area (TPSA) is 27.1 Å². The van der Waals surface area contributed by atoms with E-state index in [1.54, 1.807) is 13.3 Å². The van der Waals surface area contributed by atoms with Gasteiger partial charge in [0.2, 0.25) is 0 Å². The van der Waals surface area contributed by atoms with E-state index >= 15 is 0 Å². The predicted octanol–water partition coefficient (Wildman–Crippen LogP) is 3.02. The molecule has 0 aromatic carbocycles. The number of hydrogen-bond donors (Lipinski definition) is 0. The van der Waals surface area contributed by atoms with E-state index in [-0.39, 0.29) is 0 Å². The Morgan fingerprint density at radius 1 is 1.53 bits per heavy atom. The Labute approximate surface area is 99.9 Å². The number of aromatic nitrogens is 2. The van der Waals surface area contributed by atoms with Gasteiger partial charge in [-0.25, -0.2) is 0 Å². The van der Waals surface area contributed by atoms with Crippen LogP contribution in [-0.2, 0) is 13.0 Å². The Morgan fingerprint density at radius 2 is 2.27 bits per heavy atom. The summed E-state index contributed by atoms with van der Waals surface area (Å²) >= 11 is 3.65. The van der Waals surface area contributed by atoms with E-state index in [1.807, 2.05) is 4.68 Å². The molecule has 1 atom stereocenters. The second-order valence-electron chi connectivity index (χ2n) is 3.52. The third-order valence-corrected chi connectivity index (χ3v) is 3.67. The molecule has 0 aliphatic rings. The van der Waals surface area contributed by atoms with E-state index < -0.39 is 0 Å². The van der Waals surface area contributed by atoms with Gasteiger partial charge in [0.15, 0.2) is 5.75 Å². The average Bonchev–Trinajstić information content (AvgIpc) is 2.67. The molecule has 1 rings (SSSR count). The van der Waals surface area contributed by atoms with Crippen molar-refractivity contribution in [2.45, 2.75) is 44.5 Å². The molecule has 3 nitrogen and oxygen atoms in total. The van der Waals surface area contributed by atoms with Gasteiger partial charge in [0.05, 0.1) is 19.0 Å². The number of halogens is 1. The fraction of sp³-hybridized carbons (Fsp3) is 0.727. The molecule has 0 aliphatic carbocycles. The normalized spacial score (nSPS) is 12.8. The number of alkyl halides is 1. The molecule has 1 unspecified atom stereocenters. The van der Waals surface area contributed by atoms with Crippen LogP contribution in [0.15, 0.2) is 6.20 Å². The first-order valence-electron chi connectivity index (χ1n) is 5.45. The molecule has 0 saturated heterocycles. The molecule has 0 N–H and O–H groups in total. The minimum absolute atomic E-state index is 0.586. The van der Waals surface area contributed by atoms with Crippen LogP contribution in [0.1, 0.15) is 32.4 Å². The molecule has 0 bridgehead atoms. The van der Waals surface area contributed by atoms with Gasteiger partial charge < -0.3 is 4.74 Å². The molecule has 1 aromatic heterocycles. The van der Waals surface area contributed by atoms with Gasteiger partial charge in [0, 0.05) is 11.4 Å². The quantitative estimate of drug-likeness (QED) is 0.746. The lowest BCUT2D eigenvalue weighted by Crippen LogP contribution is -2.06. The van der Waals surface area contributed by atoms with E-state index in [0.29, 0.717) is 4.83 Å². The van der Waals surface area contributed by atoms with Crippen molar-refractivity contribution >= 4 is 15.9 Å². The number of rotatable bonds is 6. The fourth-order valence-electron chi connectivity index (χ4n) is 1.59. The minimum atomic E-state index is 0.586. The summed E-state index contributed by atoms with van der Waals surface area (Å²) in [5, 5.41) is 4.29. The van der Waals surface area contributed by atoms with E-state index in [2.05, 4.69) is 34.9 Å². The molecular weight excluding hydrogens is 256 g/mol. The van der Waals surface area contributed by atoms with E-state index in [9.17, 15) is 0 Å². The highest BCUT2D eigenvalue weighted by atomic mass is 79.9. The van der Waals surface area contributed by atoms with Crippen molar-refractivity contribution in [3.8, 4) is 5.75 Å². The summed E-state index contributed by atoms with van der Waals surface area (Å²) in [6.07, 6.45) is 5.09. The van der Waals surface area contributed by atoms with Gasteiger partial charge in [-0.2, -0.15) is 5.10 Å². The Kier molecular flexibility index (Phi) is 5.15. The Hall–Kier alpha value is -0.510. The smallest absolute Gasteiger partial charge is 0.159 e. The molecule has 15 heavy (non-hydrogen) atoms. The van der Waals surface area contributed by atoms with Crippen molar-refractivity contribution in [2.75, 3.05) is 7.11 Å². The molecule has 0 amide bonds. The molecule has 4 heteroatoms. The second kappa shape index (κ2) is 6.16. The zero-order valence-electron chi connectivity index (χ0n) is 9.66. The van der Waals surface area contributed by atoms with Gasteiger partial charge >= 0.3 is 0 Å². The van der Waals surface area contributed by atoms with E-state index in [0.717, 1.165) is 31.6 Å². The molecule has 0 spiro atoms. The SMILES string of the molecule is CCC(Br)CCc1c(OC)cnn1CC. The van der Waals surface area contributed by atoms with Crippen LogP contribution >= 0.6 is 15.9 Å². The van der Waals surface area contributed by atoms with Gasteiger partial charge in [-0.1, -0.05) is 22.9 Å². The van der Waals surface area contributed by atoms with Gasteiger partial charge in [-0.15, -0.1) is 0 Å². The first-order chi connectivity index (χ1) is 7.22. The monoisotopic (exact) mass is 274 g/mol. The number of nitrogens with zero attached hydrogens (tertiary/aromatic N) is 2. The molecular formula is C11H19BrN2O. The molecule has 0 radical (unpaired) electrons. The lowest BCUT2D eigenvalue weighted by molar-refractivity contribution is 0.406. The maximum atomic E-state index is 5.30. The summed E-state index contributed by atoms with van der Waals surface area (Å²) < 4.78 is 7.30. The van der Waals surface area contributed by atoms with E-state index in [4.69, 9.17) is 4.74 Å². The van der Waals surface area contributed by atoms with Crippen LogP contribution in [0.4, 0.5) is 0 Å².